The predicted molar refractivity (Wildman–Crippen MR) is 95.4 cm³/mol. The minimum atomic E-state index is -3.40. The number of piperazine rings is 1. The topological polar surface area (TPSA) is 65.2 Å². The molecule has 0 amide bonds. The standard InChI is InChI=1S/C18H19N3O2S/c22-24(23,21-11-9-19-10-12-21)15-7-5-14(6-8-15)17-13-20-18-4-2-1-3-16(17)18/h1-8,13,19-20H,9-12H2. The zero-order valence-corrected chi connectivity index (χ0v) is 14.0. The van der Waals surface area contributed by atoms with Crippen LogP contribution in [-0.2, 0) is 10.0 Å². The Morgan fingerprint density at radius 2 is 1.62 bits per heavy atom. The van der Waals surface area contributed by atoms with Gasteiger partial charge in [-0.15, -0.1) is 0 Å². The number of H-pyrrole nitrogens is 1. The third kappa shape index (κ3) is 2.62. The highest BCUT2D eigenvalue weighted by molar-refractivity contribution is 7.89. The summed E-state index contributed by atoms with van der Waals surface area (Å²) in [6.07, 6.45) is 1.96. The molecular weight excluding hydrogens is 322 g/mol. The van der Waals surface area contributed by atoms with Gasteiger partial charge in [-0.1, -0.05) is 30.3 Å². The van der Waals surface area contributed by atoms with Gasteiger partial charge in [0.25, 0.3) is 0 Å². The molecule has 2 aromatic carbocycles. The number of hydrogen-bond donors (Lipinski definition) is 2. The molecule has 1 aliphatic rings. The fourth-order valence-corrected chi connectivity index (χ4v) is 4.59. The second kappa shape index (κ2) is 6.05. The number of nitrogens with zero attached hydrogens (tertiary/aromatic N) is 1. The van der Waals surface area contributed by atoms with Crippen molar-refractivity contribution < 1.29 is 8.42 Å². The van der Waals surface area contributed by atoms with Crippen molar-refractivity contribution in [2.45, 2.75) is 4.90 Å². The summed E-state index contributed by atoms with van der Waals surface area (Å²) in [6.45, 7) is 2.44. The number of fused-ring (bicyclic) bond motifs is 1. The quantitative estimate of drug-likeness (QED) is 0.769. The summed E-state index contributed by atoms with van der Waals surface area (Å²) in [5.74, 6) is 0. The number of aromatic amines is 1. The molecule has 0 bridgehead atoms. The van der Waals surface area contributed by atoms with Crippen LogP contribution in [0.4, 0.5) is 0 Å². The molecule has 1 saturated heterocycles. The van der Waals surface area contributed by atoms with Gasteiger partial charge in [0.1, 0.15) is 0 Å². The molecule has 0 spiro atoms. The van der Waals surface area contributed by atoms with Gasteiger partial charge in [0.05, 0.1) is 4.90 Å². The van der Waals surface area contributed by atoms with Crippen LogP contribution < -0.4 is 5.32 Å². The lowest BCUT2D eigenvalue weighted by Crippen LogP contribution is -2.46. The number of para-hydroxylation sites is 1. The Labute approximate surface area is 141 Å². The Bertz CT molecular complexity index is 955. The van der Waals surface area contributed by atoms with Gasteiger partial charge in [-0.05, 0) is 23.8 Å². The molecule has 3 aromatic rings. The lowest BCUT2D eigenvalue weighted by atomic mass is 10.1. The number of hydrogen-bond acceptors (Lipinski definition) is 3. The van der Waals surface area contributed by atoms with Crippen LogP contribution in [0.2, 0.25) is 0 Å². The van der Waals surface area contributed by atoms with Crippen LogP contribution >= 0.6 is 0 Å². The summed E-state index contributed by atoms with van der Waals surface area (Å²) >= 11 is 0. The van der Waals surface area contributed by atoms with Gasteiger partial charge in [-0.2, -0.15) is 4.31 Å². The highest BCUT2D eigenvalue weighted by Crippen LogP contribution is 2.29. The minimum absolute atomic E-state index is 0.355. The number of benzene rings is 2. The molecule has 0 atom stereocenters. The van der Waals surface area contributed by atoms with E-state index >= 15 is 0 Å². The Morgan fingerprint density at radius 1 is 0.917 bits per heavy atom. The van der Waals surface area contributed by atoms with E-state index in [2.05, 4.69) is 16.4 Å². The molecule has 1 aliphatic heterocycles. The van der Waals surface area contributed by atoms with Crippen molar-refractivity contribution in [1.29, 1.82) is 0 Å². The molecule has 2 N–H and O–H groups in total. The van der Waals surface area contributed by atoms with Crippen molar-refractivity contribution in [2.24, 2.45) is 0 Å². The van der Waals surface area contributed by atoms with Crippen LogP contribution in [0, 0.1) is 0 Å². The lowest BCUT2D eigenvalue weighted by Gasteiger charge is -2.26. The van der Waals surface area contributed by atoms with Crippen LogP contribution in [0.15, 0.2) is 59.6 Å². The van der Waals surface area contributed by atoms with E-state index in [-0.39, 0.29) is 0 Å². The molecule has 1 fully saturated rings. The van der Waals surface area contributed by atoms with E-state index in [4.69, 9.17) is 0 Å². The largest absolute Gasteiger partial charge is 0.361 e. The van der Waals surface area contributed by atoms with E-state index in [1.54, 1.807) is 16.4 Å². The zero-order valence-electron chi connectivity index (χ0n) is 13.2. The summed E-state index contributed by atoms with van der Waals surface area (Å²) in [4.78, 5) is 3.60. The van der Waals surface area contributed by atoms with Crippen molar-refractivity contribution in [3.63, 3.8) is 0 Å². The average Bonchev–Trinajstić information content (AvgIpc) is 3.07. The Morgan fingerprint density at radius 3 is 2.38 bits per heavy atom. The Kier molecular flexibility index (Phi) is 3.88. The molecule has 6 heteroatoms. The molecule has 5 nitrogen and oxygen atoms in total. The molecule has 24 heavy (non-hydrogen) atoms. The van der Waals surface area contributed by atoms with Gasteiger partial charge in [-0.25, -0.2) is 8.42 Å². The third-order valence-corrected chi connectivity index (χ3v) is 6.38. The van der Waals surface area contributed by atoms with Crippen LogP contribution in [0.5, 0.6) is 0 Å². The van der Waals surface area contributed by atoms with Crippen LogP contribution in [0.3, 0.4) is 0 Å². The smallest absolute Gasteiger partial charge is 0.243 e. The first kappa shape index (κ1) is 15.4. The summed E-state index contributed by atoms with van der Waals surface area (Å²) in [5.41, 5.74) is 3.16. The normalized spacial score (nSPS) is 16.5. The molecule has 0 unspecified atom stereocenters. The maximum Gasteiger partial charge on any atom is 0.243 e. The van der Waals surface area contributed by atoms with E-state index in [0.29, 0.717) is 31.1 Å². The van der Waals surface area contributed by atoms with Crippen molar-refractivity contribution >= 4 is 20.9 Å². The van der Waals surface area contributed by atoms with Crippen molar-refractivity contribution in [1.82, 2.24) is 14.6 Å². The molecule has 1 aromatic heterocycles. The molecule has 0 aliphatic carbocycles. The van der Waals surface area contributed by atoms with Crippen molar-refractivity contribution in [2.75, 3.05) is 26.2 Å². The molecule has 4 rings (SSSR count). The SMILES string of the molecule is O=S(=O)(c1ccc(-c2c[nH]c3ccccc23)cc1)N1CCNCC1. The van der Waals surface area contributed by atoms with Crippen LogP contribution in [0.25, 0.3) is 22.0 Å². The van der Waals surface area contributed by atoms with Crippen LogP contribution in [-0.4, -0.2) is 43.9 Å². The summed E-state index contributed by atoms with van der Waals surface area (Å²) in [5, 5.41) is 4.31. The molecular formula is C18H19N3O2S. The fourth-order valence-electron chi connectivity index (χ4n) is 3.15. The van der Waals surface area contributed by atoms with E-state index in [9.17, 15) is 8.42 Å². The van der Waals surface area contributed by atoms with Gasteiger partial charge in [0, 0.05) is 48.8 Å². The lowest BCUT2D eigenvalue weighted by molar-refractivity contribution is 0.360. The number of aromatic nitrogens is 1. The Balaban J connectivity index is 1.67. The third-order valence-electron chi connectivity index (χ3n) is 4.47. The molecule has 124 valence electrons. The van der Waals surface area contributed by atoms with E-state index in [1.807, 2.05) is 36.5 Å². The minimum Gasteiger partial charge on any atom is -0.361 e. The van der Waals surface area contributed by atoms with Gasteiger partial charge < -0.3 is 10.3 Å². The summed E-state index contributed by atoms with van der Waals surface area (Å²) in [7, 11) is -3.40. The van der Waals surface area contributed by atoms with Gasteiger partial charge >= 0.3 is 0 Å². The maximum atomic E-state index is 12.7. The maximum absolute atomic E-state index is 12.7. The van der Waals surface area contributed by atoms with Gasteiger partial charge in [0.15, 0.2) is 0 Å². The number of nitrogens with one attached hydrogen (secondary N) is 2. The highest BCUT2D eigenvalue weighted by atomic mass is 32.2. The average molecular weight is 341 g/mol. The number of sulfonamides is 1. The summed E-state index contributed by atoms with van der Waals surface area (Å²) in [6, 6.07) is 15.3. The van der Waals surface area contributed by atoms with E-state index in [0.717, 1.165) is 22.0 Å². The van der Waals surface area contributed by atoms with Crippen molar-refractivity contribution in [3.05, 3.63) is 54.7 Å². The van der Waals surface area contributed by atoms with Gasteiger partial charge in [0.2, 0.25) is 10.0 Å². The molecule has 2 heterocycles. The van der Waals surface area contributed by atoms with Gasteiger partial charge in [-0.3, -0.25) is 0 Å². The molecule has 0 saturated carbocycles. The van der Waals surface area contributed by atoms with E-state index in [1.165, 1.54) is 0 Å². The first-order chi connectivity index (χ1) is 11.7. The summed E-state index contributed by atoms with van der Waals surface area (Å²) < 4.78 is 26.9. The highest BCUT2D eigenvalue weighted by Gasteiger charge is 2.25. The zero-order chi connectivity index (χ0) is 16.6. The first-order valence-electron chi connectivity index (χ1n) is 8.04. The first-order valence-corrected chi connectivity index (χ1v) is 9.48. The second-order valence-corrected chi connectivity index (χ2v) is 7.86. The molecule has 0 radical (unpaired) electrons. The van der Waals surface area contributed by atoms with Crippen molar-refractivity contribution in [3.8, 4) is 11.1 Å². The fraction of sp³-hybridized carbons (Fsp3) is 0.222. The van der Waals surface area contributed by atoms with E-state index < -0.39 is 10.0 Å². The number of rotatable bonds is 3. The second-order valence-electron chi connectivity index (χ2n) is 5.93. The van der Waals surface area contributed by atoms with Crippen LogP contribution in [0.1, 0.15) is 0 Å². The monoisotopic (exact) mass is 341 g/mol. The Hall–Kier alpha value is -2.15. The predicted octanol–water partition coefficient (Wildman–Crippen LogP) is 2.43.